The molecule has 1 heterocycles. The predicted molar refractivity (Wildman–Crippen MR) is 70.2 cm³/mol. The van der Waals surface area contributed by atoms with Crippen molar-refractivity contribution in [1.29, 1.82) is 0 Å². The smallest absolute Gasteiger partial charge is 0.339 e. The molecule has 1 aliphatic rings. The number of hydrogen-bond acceptors (Lipinski definition) is 4. The standard InChI is InChI=1S/C14H9NO5/c16-13(17)7-4-5-9-11(6-7)20-12-8(14(18)19)2-1-3-10(12)15-9/h1-6,15H,(H,16,17)(H,18,19). The van der Waals surface area contributed by atoms with E-state index in [0.717, 1.165) is 0 Å². The lowest BCUT2D eigenvalue weighted by molar-refractivity contribution is 0.0683. The molecule has 100 valence electrons. The van der Waals surface area contributed by atoms with Gasteiger partial charge >= 0.3 is 11.9 Å². The van der Waals surface area contributed by atoms with Gasteiger partial charge in [0, 0.05) is 0 Å². The largest absolute Gasteiger partial charge is 0.478 e. The Morgan fingerprint density at radius 1 is 1.00 bits per heavy atom. The van der Waals surface area contributed by atoms with E-state index in [0.29, 0.717) is 11.4 Å². The molecule has 2 aromatic carbocycles. The third-order valence-electron chi connectivity index (χ3n) is 2.96. The van der Waals surface area contributed by atoms with Crippen molar-refractivity contribution in [1.82, 2.24) is 0 Å². The number of benzene rings is 2. The first-order chi connectivity index (χ1) is 9.56. The van der Waals surface area contributed by atoms with Gasteiger partial charge in [0.25, 0.3) is 0 Å². The molecule has 0 radical (unpaired) electrons. The van der Waals surface area contributed by atoms with Gasteiger partial charge in [0.05, 0.1) is 16.9 Å². The van der Waals surface area contributed by atoms with Gasteiger partial charge in [0.15, 0.2) is 11.5 Å². The van der Waals surface area contributed by atoms with E-state index in [-0.39, 0.29) is 22.6 Å². The molecule has 20 heavy (non-hydrogen) atoms. The van der Waals surface area contributed by atoms with Gasteiger partial charge in [-0.25, -0.2) is 9.59 Å². The highest BCUT2D eigenvalue weighted by atomic mass is 16.5. The number of para-hydroxylation sites is 1. The summed E-state index contributed by atoms with van der Waals surface area (Å²) < 4.78 is 5.55. The molecule has 0 atom stereocenters. The molecule has 0 saturated heterocycles. The average Bonchev–Trinajstić information content (AvgIpc) is 2.43. The Morgan fingerprint density at radius 3 is 2.50 bits per heavy atom. The normalized spacial score (nSPS) is 11.6. The molecule has 0 aromatic heterocycles. The lowest BCUT2D eigenvalue weighted by Gasteiger charge is -2.23. The summed E-state index contributed by atoms with van der Waals surface area (Å²) in [6.45, 7) is 0. The van der Waals surface area contributed by atoms with Crippen molar-refractivity contribution >= 4 is 23.3 Å². The lowest BCUT2D eigenvalue weighted by atomic mass is 10.1. The van der Waals surface area contributed by atoms with Crippen molar-refractivity contribution in [2.45, 2.75) is 0 Å². The van der Waals surface area contributed by atoms with Crippen molar-refractivity contribution in [3.63, 3.8) is 0 Å². The second kappa shape index (κ2) is 4.27. The number of fused-ring (bicyclic) bond motifs is 2. The molecule has 1 aliphatic heterocycles. The summed E-state index contributed by atoms with van der Waals surface area (Å²) in [7, 11) is 0. The zero-order valence-electron chi connectivity index (χ0n) is 10.1. The van der Waals surface area contributed by atoms with E-state index >= 15 is 0 Å². The van der Waals surface area contributed by atoms with Gasteiger partial charge in [0.1, 0.15) is 5.56 Å². The maximum Gasteiger partial charge on any atom is 0.339 e. The van der Waals surface area contributed by atoms with Gasteiger partial charge in [-0.1, -0.05) is 6.07 Å². The minimum absolute atomic E-state index is 0.0152. The molecule has 6 heteroatoms. The fourth-order valence-corrected chi connectivity index (χ4v) is 2.01. The number of carboxylic acid groups (broad SMARTS) is 2. The van der Waals surface area contributed by atoms with E-state index in [4.69, 9.17) is 14.9 Å². The molecule has 0 amide bonds. The highest BCUT2D eigenvalue weighted by Gasteiger charge is 2.23. The van der Waals surface area contributed by atoms with Crippen LogP contribution in [0, 0.1) is 0 Å². The van der Waals surface area contributed by atoms with Crippen molar-refractivity contribution < 1.29 is 24.5 Å². The Morgan fingerprint density at radius 2 is 1.80 bits per heavy atom. The Hall–Kier alpha value is -3.02. The van der Waals surface area contributed by atoms with Crippen molar-refractivity contribution in [3.05, 3.63) is 47.5 Å². The Kier molecular flexibility index (Phi) is 2.57. The van der Waals surface area contributed by atoms with Crippen LogP contribution in [0.15, 0.2) is 36.4 Å². The zero-order valence-corrected chi connectivity index (χ0v) is 10.1. The van der Waals surface area contributed by atoms with Gasteiger partial charge in [0.2, 0.25) is 0 Å². The summed E-state index contributed by atoms with van der Waals surface area (Å²) in [5.41, 5.74) is 1.20. The van der Waals surface area contributed by atoms with E-state index in [1.54, 1.807) is 18.2 Å². The highest BCUT2D eigenvalue weighted by Crippen LogP contribution is 2.43. The summed E-state index contributed by atoms with van der Waals surface area (Å²) in [4.78, 5) is 22.1. The van der Waals surface area contributed by atoms with Crippen LogP contribution in [-0.2, 0) is 0 Å². The van der Waals surface area contributed by atoms with Crippen LogP contribution < -0.4 is 10.1 Å². The summed E-state index contributed by atoms with van der Waals surface area (Å²) in [6, 6.07) is 9.10. The summed E-state index contributed by atoms with van der Waals surface area (Å²) >= 11 is 0. The maximum absolute atomic E-state index is 11.2. The van der Waals surface area contributed by atoms with Crippen LogP contribution in [0.3, 0.4) is 0 Å². The summed E-state index contributed by atoms with van der Waals surface area (Å²) in [6.07, 6.45) is 0. The molecule has 0 unspecified atom stereocenters. The quantitative estimate of drug-likeness (QED) is 0.663. The fraction of sp³-hybridized carbons (Fsp3) is 0. The van der Waals surface area contributed by atoms with Crippen LogP contribution in [-0.4, -0.2) is 22.2 Å². The molecule has 0 aliphatic carbocycles. The molecule has 3 N–H and O–H groups in total. The monoisotopic (exact) mass is 271 g/mol. The molecule has 0 spiro atoms. The van der Waals surface area contributed by atoms with Crippen molar-refractivity contribution in [2.24, 2.45) is 0 Å². The first-order valence-corrected chi connectivity index (χ1v) is 5.75. The number of ether oxygens (including phenoxy) is 1. The van der Waals surface area contributed by atoms with E-state index in [9.17, 15) is 9.59 Å². The number of hydrogen-bond donors (Lipinski definition) is 3. The Balaban J connectivity index is 2.10. The maximum atomic E-state index is 11.2. The number of aromatic carboxylic acids is 2. The molecule has 3 rings (SSSR count). The molecule has 0 saturated carbocycles. The minimum Gasteiger partial charge on any atom is -0.478 e. The van der Waals surface area contributed by atoms with Crippen molar-refractivity contribution in [3.8, 4) is 11.5 Å². The molecule has 0 fully saturated rings. The molecule has 2 aromatic rings. The second-order valence-electron chi connectivity index (χ2n) is 4.23. The van der Waals surface area contributed by atoms with Crippen LogP contribution in [0.1, 0.15) is 20.7 Å². The molecular weight excluding hydrogens is 262 g/mol. The SMILES string of the molecule is O=C(O)c1ccc2c(c1)Oc1c(cccc1C(=O)O)N2. The third kappa shape index (κ3) is 1.83. The predicted octanol–water partition coefficient (Wildman–Crippen LogP) is 2.93. The number of anilines is 2. The number of nitrogens with one attached hydrogen (secondary N) is 1. The van der Waals surface area contributed by atoms with Crippen LogP contribution in [0.4, 0.5) is 11.4 Å². The number of rotatable bonds is 2. The summed E-state index contributed by atoms with van der Waals surface area (Å²) in [5, 5.41) is 21.1. The lowest BCUT2D eigenvalue weighted by Crippen LogP contribution is -2.09. The fourth-order valence-electron chi connectivity index (χ4n) is 2.01. The van der Waals surface area contributed by atoms with Crippen LogP contribution in [0.2, 0.25) is 0 Å². The first kappa shape index (κ1) is 12.0. The Labute approximate surface area is 113 Å². The third-order valence-corrected chi connectivity index (χ3v) is 2.96. The van der Waals surface area contributed by atoms with Crippen molar-refractivity contribution in [2.75, 3.05) is 5.32 Å². The Bertz CT molecular complexity index is 738. The van der Waals surface area contributed by atoms with Crippen LogP contribution in [0.25, 0.3) is 0 Å². The second-order valence-corrected chi connectivity index (χ2v) is 4.23. The summed E-state index contributed by atoms with van der Waals surface area (Å²) in [5.74, 6) is -1.73. The topological polar surface area (TPSA) is 95.9 Å². The molecule has 6 nitrogen and oxygen atoms in total. The van der Waals surface area contributed by atoms with E-state index in [1.807, 2.05) is 0 Å². The van der Waals surface area contributed by atoms with Gasteiger partial charge < -0.3 is 20.3 Å². The highest BCUT2D eigenvalue weighted by molar-refractivity contribution is 5.96. The van der Waals surface area contributed by atoms with Crippen LogP contribution >= 0.6 is 0 Å². The molecular formula is C14H9NO5. The average molecular weight is 271 g/mol. The number of carboxylic acids is 2. The number of carbonyl (C=O) groups is 2. The van der Waals surface area contributed by atoms with E-state index in [1.165, 1.54) is 18.2 Å². The zero-order chi connectivity index (χ0) is 14.3. The van der Waals surface area contributed by atoms with Crippen LogP contribution in [0.5, 0.6) is 11.5 Å². The van der Waals surface area contributed by atoms with Gasteiger partial charge in [-0.3, -0.25) is 0 Å². The van der Waals surface area contributed by atoms with E-state index < -0.39 is 11.9 Å². The van der Waals surface area contributed by atoms with Gasteiger partial charge in [-0.15, -0.1) is 0 Å². The van der Waals surface area contributed by atoms with Gasteiger partial charge in [-0.2, -0.15) is 0 Å². The first-order valence-electron chi connectivity index (χ1n) is 5.75. The molecule has 0 bridgehead atoms. The minimum atomic E-state index is -1.11. The van der Waals surface area contributed by atoms with Gasteiger partial charge in [-0.05, 0) is 30.3 Å². The van der Waals surface area contributed by atoms with E-state index in [2.05, 4.69) is 5.32 Å².